The quantitative estimate of drug-likeness (QED) is 0.489. The largest absolute Gasteiger partial charge is 0.350 e. The monoisotopic (exact) mass is 284 g/mol. The minimum absolute atomic E-state index is 0.262. The van der Waals surface area contributed by atoms with Crippen molar-refractivity contribution in [2.75, 3.05) is 13.2 Å². The van der Waals surface area contributed by atoms with Gasteiger partial charge < -0.3 is 9.47 Å². The molecule has 1 aliphatic carbocycles. The van der Waals surface area contributed by atoms with Gasteiger partial charge in [-0.05, 0) is 37.5 Å². The zero-order chi connectivity index (χ0) is 14.8. The maximum absolute atomic E-state index is 6.29. The molecule has 0 N–H and O–H groups in total. The van der Waals surface area contributed by atoms with E-state index in [1.807, 2.05) is 0 Å². The van der Waals surface area contributed by atoms with Gasteiger partial charge in [0.2, 0.25) is 0 Å². The van der Waals surface area contributed by atoms with Gasteiger partial charge in [0.1, 0.15) is 0 Å². The Labute approximate surface area is 126 Å². The molecule has 0 spiro atoms. The van der Waals surface area contributed by atoms with E-state index in [0.29, 0.717) is 11.8 Å². The fraction of sp³-hybridized carbons (Fsp3) is 1.00. The van der Waals surface area contributed by atoms with Crippen molar-refractivity contribution in [2.24, 2.45) is 11.8 Å². The summed E-state index contributed by atoms with van der Waals surface area (Å²) >= 11 is 0. The smallest absolute Gasteiger partial charge is 0.168 e. The van der Waals surface area contributed by atoms with E-state index in [2.05, 4.69) is 27.7 Å². The molecule has 1 saturated carbocycles. The Morgan fingerprint density at radius 3 is 1.65 bits per heavy atom. The lowest BCUT2D eigenvalue weighted by molar-refractivity contribution is -0.261. The molecule has 0 aromatic rings. The summed E-state index contributed by atoms with van der Waals surface area (Å²) in [5, 5.41) is 0. The fourth-order valence-corrected chi connectivity index (χ4v) is 3.16. The first-order valence-corrected chi connectivity index (χ1v) is 8.89. The summed E-state index contributed by atoms with van der Waals surface area (Å²) in [6, 6.07) is 0. The van der Waals surface area contributed by atoms with Gasteiger partial charge in [-0.15, -0.1) is 0 Å². The summed E-state index contributed by atoms with van der Waals surface area (Å²) in [4.78, 5) is 0. The van der Waals surface area contributed by atoms with Gasteiger partial charge in [-0.25, -0.2) is 0 Å². The lowest BCUT2D eigenvalue weighted by atomic mass is 9.93. The zero-order valence-electron chi connectivity index (χ0n) is 14.2. The van der Waals surface area contributed by atoms with Crippen molar-refractivity contribution in [3.8, 4) is 0 Å². The Morgan fingerprint density at radius 1 is 0.800 bits per heavy atom. The summed E-state index contributed by atoms with van der Waals surface area (Å²) in [6.45, 7) is 10.8. The van der Waals surface area contributed by atoms with E-state index >= 15 is 0 Å². The average Bonchev–Trinajstić information content (AvgIpc) is 2.45. The second kappa shape index (κ2) is 9.78. The predicted molar refractivity (Wildman–Crippen MR) is 85.9 cm³/mol. The van der Waals surface area contributed by atoms with Crippen LogP contribution in [-0.4, -0.2) is 19.0 Å². The summed E-state index contributed by atoms with van der Waals surface area (Å²) in [6.07, 6.45) is 11.0. The first-order chi connectivity index (χ1) is 9.62. The molecule has 0 bridgehead atoms. The molecule has 2 heteroatoms. The first-order valence-electron chi connectivity index (χ1n) is 8.89. The van der Waals surface area contributed by atoms with Crippen LogP contribution in [-0.2, 0) is 9.47 Å². The van der Waals surface area contributed by atoms with E-state index in [0.717, 1.165) is 26.1 Å². The van der Waals surface area contributed by atoms with Crippen LogP contribution >= 0.6 is 0 Å². The maximum Gasteiger partial charge on any atom is 0.168 e. The molecule has 0 aromatic carbocycles. The normalized spacial score (nSPS) is 21.6. The second-order valence-corrected chi connectivity index (χ2v) is 6.88. The Morgan fingerprint density at radius 2 is 1.25 bits per heavy atom. The van der Waals surface area contributed by atoms with Crippen molar-refractivity contribution in [3.63, 3.8) is 0 Å². The highest BCUT2D eigenvalue weighted by molar-refractivity contribution is 4.76. The van der Waals surface area contributed by atoms with Gasteiger partial charge in [0.25, 0.3) is 0 Å². The van der Waals surface area contributed by atoms with Crippen molar-refractivity contribution < 1.29 is 9.47 Å². The standard InChI is InChI=1S/C18H36O2/c1-5-10-16(3)14-19-18(12-8-7-9-13-18)20-15-17(4)11-6-2/h16-17H,5-15H2,1-4H3. The van der Waals surface area contributed by atoms with E-state index in [1.54, 1.807) is 0 Å². The summed E-state index contributed by atoms with van der Waals surface area (Å²) in [7, 11) is 0. The van der Waals surface area contributed by atoms with E-state index < -0.39 is 0 Å². The maximum atomic E-state index is 6.29. The number of ether oxygens (including phenoxy) is 2. The number of hydrogen-bond acceptors (Lipinski definition) is 2. The summed E-state index contributed by atoms with van der Waals surface area (Å²) in [5.41, 5.74) is 0. The Bertz CT molecular complexity index is 216. The van der Waals surface area contributed by atoms with E-state index in [4.69, 9.17) is 9.47 Å². The first kappa shape index (κ1) is 18.0. The van der Waals surface area contributed by atoms with Gasteiger partial charge in [0, 0.05) is 12.8 Å². The molecule has 0 amide bonds. The van der Waals surface area contributed by atoms with Crippen molar-refractivity contribution >= 4 is 0 Å². The third kappa shape index (κ3) is 6.58. The molecule has 2 nitrogen and oxygen atoms in total. The molecular formula is C18H36O2. The van der Waals surface area contributed by atoms with E-state index in [-0.39, 0.29) is 5.79 Å². The molecule has 0 heterocycles. The van der Waals surface area contributed by atoms with Gasteiger partial charge in [-0.1, -0.05) is 47.0 Å². The minimum Gasteiger partial charge on any atom is -0.350 e. The van der Waals surface area contributed by atoms with Crippen molar-refractivity contribution in [1.29, 1.82) is 0 Å². The number of rotatable bonds is 10. The summed E-state index contributed by atoms with van der Waals surface area (Å²) in [5.74, 6) is 1.04. The van der Waals surface area contributed by atoms with Gasteiger partial charge in [-0.3, -0.25) is 0 Å². The second-order valence-electron chi connectivity index (χ2n) is 6.88. The number of hydrogen-bond donors (Lipinski definition) is 0. The molecule has 2 atom stereocenters. The van der Waals surface area contributed by atoms with E-state index in [9.17, 15) is 0 Å². The average molecular weight is 284 g/mol. The highest BCUT2D eigenvalue weighted by Gasteiger charge is 2.34. The molecule has 1 fully saturated rings. The van der Waals surface area contributed by atoms with Crippen LogP contribution in [0.3, 0.4) is 0 Å². The van der Waals surface area contributed by atoms with Gasteiger partial charge in [0.15, 0.2) is 5.79 Å². The summed E-state index contributed by atoms with van der Waals surface area (Å²) < 4.78 is 12.6. The molecule has 120 valence electrons. The van der Waals surface area contributed by atoms with Crippen LogP contribution in [0.2, 0.25) is 0 Å². The van der Waals surface area contributed by atoms with Crippen LogP contribution in [0.1, 0.15) is 85.5 Å². The van der Waals surface area contributed by atoms with Crippen molar-refractivity contribution in [3.05, 3.63) is 0 Å². The van der Waals surface area contributed by atoms with Crippen LogP contribution in [0.4, 0.5) is 0 Å². The third-order valence-electron chi connectivity index (χ3n) is 4.44. The molecular weight excluding hydrogens is 248 g/mol. The molecule has 0 saturated heterocycles. The molecule has 1 rings (SSSR count). The minimum atomic E-state index is -0.262. The van der Waals surface area contributed by atoms with Crippen molar-refractivity contribution in [1.82, 2.24) is 0 Å². The van der Waals surface area contributed by atoms with Crippen LogP contribution in [0, 0.1) is 11.8 Å². The molecule has 20 heavy (non-hydrogen) atoms. The Kier molecular flexibility index (Phi) is 8.79. The van der Waals surface area contributed by atoms with Crippen LogP contribution in [0.5, 0.6) is 0 Å². The Hall–Kier alpha value is -0.0800. The highest BCUT2D eigenvalue weighted by atomic mass is 16.7. The predicted octanol–water partition coefficient (Wildman–Crippen LogP) is 5.55. The van der Waals surface area contributed by atoms with Crippen molar-refractivity contribution in [2.45, 2.75) is 91.3 Å². The lowest BCUT2D eigenvalue weighted by Gasteiger charge is -2.38. The fourth-order valence-electron chi connectivity index (χ4n) is 3.16. The van der Waals surface area contributed by atoms with Crippen LogP contribution < -0.4 is 0 Å². The lowest BCUT2D eigenvalue weighted by Crippen LogP contribution is -2.40. The van der Waals surface area contributed by atoms with Gasteiger partial charge in [0.05, 0.1) is 13.2 Å². The SMILES string of the molecule is CCCC(C)COC1(OCC(C)CCC)CCCCC1. The van der Waals surface area contributed by atoms with Gasteiger partial charge >= 0.3 is 0 Å². The zero-order valence-corrected chi connectivity index (χ0v) is 14.2. The molecule has 2 unspecified atom stereocenters. The molecule has 0 aliphatic heterocycles. The van der Waals surface area contributed by atoms with Crippen LogP contribution in [0.25, 0.3) is 0 Å². The highest BCUT2D eigenvalue weighted by Crippen LogP contribution is 2.34. The van der Waals surface area contributed by atoms with E-state index in [1.165, 1.54) is 44.9 Å². The van der Waals surface area contributed by atoms with Gasteiger partial charge in [-0.2, -0.15) is 0 Å². The van der Waals surface area contributed by atoms with Crippen LogP contribution in [0.15, 0.2) is 0 Å². The Balaban J connectivity index is 2.44. The third-order valence-corrected chi connectivity index (χ3v) is 4.44. The molecule has 1 aliphatic rings. The topological polar surface area (TPSA) is 18.5 Å². The molecule has 0 aromatic heterocycles. The molecule has 0 radical (unpaired) electrons.